The van der Waals surface area contributed by atoms with Crippen LogP contribution in [0.15, 0.2) is 41.9 Å². The van der Waals surface area contributed by atoms with Gasteiger partial charge in [-0.1, -0.05) is 11.8 Å². The number of carbonyl (C=O) groups excluding carboxylic acids is 2. The molecule has 0 bridgehead atoms. The first-order valence-corrected chi connectivity index (χ1v) is 12.9. The van der Waals surface area contributed by atoms with Gasteiger partial charge in [0.1, 0.15) is 29.7 Å². The molecule has 1 atom stereocenters. The van der Waals surface area contributed by atoms with Gasteiger partial charge in [0.2, 0.25) is 0 Å². The van der Waals surface area contributed by atoms with Crippen LogP contribution in [-0.2, 0) is 4.79 Å². The molecule has 2 amide bonds. The van der Waals surface area contributed by atoms with Crippen molar-refractivity contribution in [3.63, 3.8) is 0 Å². The Kier molecular flexibility index (Phi) is 6.08. The number of benzene rings is 1. The summed E-state index contributed by atoms with van der Waals surface area (Å²) in [6.07, 6.45) is 1.69. The number of ether oxygens (including phenoxy) is 1. The lowest BCUT2D eigenvalue weighted by atomic mass is 10.1. The second kappa shape index (κ2) is 9.09. The number of aromatic nitrogens is 2. The first kappa shape index (κ1) is 24.1. The molecule has 184 valence electrons. The van der Waals surface area contributed by atoms with E-state index in [2.05, 4.69) is 41.2 Å². The van der Waals surface area contributed by atoms with Crippen LogP contribution in [-0.4, -0.2) is 51.6 Å². The van der Waals surface area contributed by atoms with Gasteiger partial charge in [-0.05, 0) is 51.1 Å². The smallest absolute Gasteiger partial charge is 0.272 e. The largest absolute Gasteiger partial charge is 0.489 e. The number of amides is 2. The first-order valence-electron chi connectivity index (χ1n) is 11.2. The zero-order chi connectivity index (χ0) is 25.6. The highest BCUT2D eigenvalue weighted by molar-refractivity contribution is 7.17. The molecule has 36 heavy (non-hydrogen) atoms. The molecule has 0 spiro atoms. The number of hydrogen-bond donors (Lipinski definition) is 2. The maximum atomic E-state index is 13.2. The molecule has 1 aromatic carbocycles. The molecule has 3 aromatic heterocycles. The van der Waals surface area contributed by atoms with E-state index in [1.165, 1.54) is 21.1 Å². The van der Waals surface area contributed by atoms with Crippen LogP contribution in [0.25, 0.3) is 15.5 Å². The number of anilines is 1. The van der Waals surface area contributed by atoms with E-state index in [4.69, 9.17) is 4.74 Å². The fourth-order valence-electron chi connectivity index (χ4n) is 3.78. The molecule has 8 nitrogen and oxygen atoms in total. The summed E-state index contributed by atoms with van der Waals surface area (Å²) in [4.78, 5) is 35.2. The van der Waals surface area contributed by atoms with Crippen molar-refractivity contribution in [2.75, 3.05) is 18.6 Å². The lowest BCUT2D eigenvalue weighted by Gasteiger charge is -2.20. The number of thiazole rings is 1. The van der Waals surface area contributed by atoms with Crippen LogP contribution in [0, 0.1) is 18.8 Å². The van der Waals surface area contributed by atoms with E-state index in [0.717, 1.165) is 10.6 Å². The molecule has 2 N–H and O–H groups in total. The number of aryl methyl sites for hydroxylation is 1. The minimum atomic E-state index is -1.13. The van der Waals surface area contributed by atoms with Crippen LogP contribution in [0.2, 0.25) is 0 Å². The quantitative estimate of drug-likeness (QED) is 0.402. The molecule has 0 fully saturated rings. The standard InChI is InChI=1S/C26H24N4O4S2/c1-15-5-8-22(36-15)20-14-35-25-28-17(12-30(20)25)23(31)27-18-13-34-21-7-6-16(9-10-26(2,3)33)11-19(21)29(4)24(18)32/h5-8,11-12,14,18,33H,13H2,1-4H3,(H,27,31)/t18-/m0/s1. The van der Waals surface area contributed by atoms with Crippen LogP contribution in [0.5, 0.6) is 5.75 Å². The topological polar surface area (TPSA) is 96.2 Å². The zero-order valence-electron chi connectivity index (χ0n) is 20.2. The van der Waals surface area contributed by atoms with Crippen LogP contribution in [0.3, 0.4) is 0 Å². The Morgan fingerprint density at radius 2 is 2.11 bits per heavy atom. The van der Waals surface area contributed by atoms with Crippen LogP contribution in [0.4, 0.5) is 5.69 Å². The number of thiophene rings is 1. The number of hydrogen-bond acceptors (Lipinski definition) is 7. The third-order valence-corrected chi connectivity index (χ3v) is 7.47. The molecule has 0 aliphatic carbocycles. The maximum absolute atomic E-state index is 13.2. The molecule has 10 heteroatoms. The lowest BCUT2D eigenvalue weighted by molar-refractivity contribution is -0.120. The number of aliphatic hydroxyl groups is 1. The summed E-state index contributed by atoms with van der Waals surface area (Å²) in [5.74, 6) is 5.42. The van der Waals surface area contributed by atoms with Crippen molar-refractivity contribution >= 4 is 45.1 Å². The third-order valence-electron chi connectivity index (χ3n) is 5.61. The SMILES string of the molecule is Cc1ccc(-c2csc3nc(C(=O)N[C@H]4COc5ccc(C#CC(C)(C)O)cc5N(C)C4=O)cn23)s1. The van der Waals surface area contributed by atoms with Crippen molar-refractivity contribution in [1.82, 2.24) is 14.7 Å². The van der Waals surface area contributed by atoms with Gasteiger partial charge in [-0.25, -0.2) is 4.98 Å². The van der Waals surface area contributed by atoms with E-state index in [1.54, 1.807) is 56.6 Å². The van der Waals surface area contributed by atoms with Crippen molar-refractivity contribution in [3.8, 4) is 28.2 Å². The van der Waals surface area contributed by atoms with Gasteiger partial charge in [-0.2, -0.15) is 0 Å². The zero-order valence-corrected chi connectivity index (χ0v) is 21.8. The van der Waals surface area contributed by atoms with Crippen molar-refractivity contribution in [1.29, 1.82) is 0 Å². The highest BCUT2D eigenvalue weighted by atomic mass is 32.1. The first-order chi connectivity index (χ1) is 17.1. The Bertz CT molecular complexity index is 1550. The van der Waals surface area contributed by atoms with Gasteiger partial charge in [0.15, 0.2) is 4.96 Å². The normalized spacial score (nSPS) is 15.6. The molecule has 1 aliphatic rings. The average Bonchev–Trinajstić information content (AvgIpc) is 3.53. The molecule has 0 unspecified atom stereocenters. The van der Waals surface area contributed by atoms with Gasteiger partial charge in [0.05, 0.1) is 16.3 Å². The molecule has 1 aliphatic heterocycles. The number of imidazole rings is 1. The minimum absolute atomic E-state index is 0.0153. The fraction of sp³-hybridized carbons (Fsp3) is 0.269. The highest BCUT2D eigenvalue weighted by Gasteiger charge is 2.31. The predicted octanol–water partition coefficient (Wildman–Crippen LogP) is 3.71. The molecule has 4 aromatic rings. The van der Waals surface area contributed by atoms with Gasteiger partial charge in [0.25, 0.3) is 11.8 Å². The van der Waals surface area contributed by atoms with Crippen LogP contribution in [0.1, 0.15) is 34.8 Å². The summed E-state index contributed by atoms with van der Waals surface area (Å²) in [7, 11) is 1.63. The van der Waals surface area contributed by atoms with E-state index in [0.29, 0.717) is 22.0 Å². The second-order valence-electron chi connectivity index (χ2n) is 9.04. The van der Waals surface area contributed by atoms with E-state index in [1.807, 2.05) is 9.78 Å². The van der Waals surface area contributed by atoms with E-state index in [-0.39, 0.29) is 18.2 Å². The van der Waals surface area contributed by atoms with Crippen molar-refractivity contribution < 1.29 is 19.4 Å². The Hall–Kier alpha value is -3.65. The monoisotopic (exact) mass is 520 g/mol. The van der Waals surface area contributed by atoms with Gasteiger partial charge in [0, 0.05) is 29.1 Å². The van der Waals surface area contributed by atoms with Crippen molar-refractivity contribution in [2.24, 2.45) is 0 Å². The fourth-order valence-corrected chi connectivity index (χ4v) is 5.61. The Labute approximate surface area is 216 Å². The summed E-state index contributed by atoms with van der Waals surface area (Å²) >= 11 is 3.14. The van der Waals surface area contributed by atoms with Crippen LogP contribution >= 0.6 is 22.7 Å². The van der Waals surface area contributed by atoms with Gasteiger partial charge in [-0.15, -0.1) is 22.7 Å². The number of fused-ring (bicyclic) bond motifs is 2. The average molecular weight is 521 g/mol. The highest BCUT2D eigenvalue weighted by Crippen LogP contribution is 2.33. The van der Waals surface area contributed by atoms with Gasteiger partial charge in [-0.3, -0.25) is 14.0 Å². The summed E-state index contributed by atoms with van der Waals surface area (Å²) in [5.41, 5.74) is 1.25. The summed E-state index contributed by atoms with van der Waals surface area (Å²) < 4.78 is 7.76. The summed E-state index contributed by atoms with van der Waals surface area (Å²) in [6, 6.07) is 8.45. The molecule has 4 heterocycles. The summed E-state index contributed by atoms with van der Waals surface area (Å²) in [5, 5.41) is 14.7. The number of nitrogens with one attached hydrogen (secondary N) is 1. The van der Waals surface area contributed by atoms with E-state index in [9.17, 15) is 14.7 Å². The van der Waals surface area contributed by atoms with Crippen molar-refractivity contribution in [3.05, 3.63) is 58.0 Å². The third kappa shape index (κ3) is 4.73. The van der Waals surface area contributed by atoms with Crippen molar-refractivity contribution in [2.45, 2.75) is 32.4 Å². The molecule has 0 saturated heterocycles. The Balaban J connectivity index is 1.35. The van der Waals surface area contributed by atoms with Gasteiger partial charge >= 0.3 is 0 Å². The van der Waals surface area contributed by atoms with Crippen LogP contribution < -0.4 is 15.0 Å². The molecular formula is C26H24N4O4S2. The number of rotatable bonds is 3. The second-order valence-corrected chi connectivity index (χ2v) is 11.2. The number of likely N-dealkylation sites (N-methyl/N-ethyl adjacent to an activating group) is 1. The van der Waals surface area contributed by atoms with E-state index >= 15 is 0 Å². The minimum Gasteiger partial charge on any atom is -0.489 e. The number of nitrogens with zero attached hydrogens (tertiary/aromatic N) is 3. The predicted molar refractivity (Wildman–Crippen MR) is 141 cm³/mol. The Morgan fingerprint density at radius 1 is 1.31 bits per heavy atom. The number of carbonyl (C=O) groups is 2. The van der Waals surface area contributed by atoms with E-state index < -0.39 is 17.6 Å². The van der Waals surface area contributed by atoms with Gasteiger partial charge < -0.3 is 20.1 Å². The molecule has 0 saturated carbocycles. The molecule has 0 radical (unpaired) electrons. The Morgan fingerprint density at radius 3 is 2.83 bits per heavy atom. The molecule has 5 rings (SSSR count). The molecular weight excluding hydrogens is 496 g/mol. The summed E-state index contributed by atoms with van der Waals surface area (Å²) in [6.45, 7) is 5.24. The maximum Gasteiger partial charge on any atom is 0.272 e. The lowest BCUT2D eigenvalue weighted by Crippen LogP contribution is -2.49.